The van der Waals surface area contributed by atoms with E-state index in [0.717, 1.165) is 23.3 Å². The fourth-order valence-corrected chi connectivity index (χ4v) is 4.13. The van der Waals surface area contributed by atoms with E-state index in [1.54, 1.807) is 24.3 Å². The van der Waals surface area contributed by atoms with Gasteiger partial charge in [0.2, 0.25) is 0 Å². The predicted molar refractivity (Wildman–Crippen MR) is 159 cm³/mol. The molecular weight excluding hydrogens is 556 g/mol. The molecule has 0 amide bonds. The molecule has 0 spiro atoms. The van der Waals surface area contributed by atoms with Crippen LogP contribution in [-0.2, 0) is 34.1 Å². The molecule has 0 radical (unpaired) electrons. The second-order valence-electron chi connectivity index (χ2n) is 9.53. The third kappa shape index (κ3) is 10.0. The largest absolute Gasteiger partial charge is 0.490 e. The molecule has 0 aliphatic rings. The summed E-state index contributed by atoms with van der Waals surface area (Å²) in [4.78, 5) is 46.1. The Labute approximate surface area is 250 Å². The molecule has 2 N–H and O–H groups in total. The number of hydrogen-bond acceptors (Lipinski definition) is 8. The van der Waals surface area contributed by atoms with Crippen LogP contribution in [0, 0.1) is 5.92 Å². The van der Waals surface area contributed by atoms with Gasteiger partial charge >= 0.3 is 23.9 Å². The second kappa shape index (κ2) is 16.4. The van der Waals surface area contributed by atoms with E-state index < -0.39 is 35.2 Å². The number of aliphatic carboxylic acids is 2. The zero-order valence-corrected chi connectivity index (χ0v) is 24.4. The van der Waals surface area contributed by atoms with Crippen LogP contribution in [0.3, 0.4) is 0 Å². The van der Waals surface area contributed by atoms with Gasteiger partial charge in [-0.2, -0.15) is 0 Å². The number of carboxylic acids is 2. The fourth-order valence-electron chi connectivity index (χ4n) is 4.13. The average molecular weight is 593 g/mol. The molecule has 10 nitrogen and oxygen atoms in total. The molecule has 2 aromatic carbocycles. The Morgan fingerprint density at radius 1 is 0.698 bits per heavy atom. The maximum Gasteiger partial charge on any atom is 0.330 e. The van der Waals surface area contributed by atoms with Gasteiger partial charge in [0.15, 0.2) is 0 Å². The minimum Gasteiger partial charge on any atom is -0.490 e. The molecule has 10 heteroatoms. The molecule has 0 heterocycles. The molecule has 228 valence electrons. The van der Waals surface area contributed by atoms with Crippen molar-refractivity contribution in [1.82, 2.24) is 0 Å². The van der Waals surface area contributed by atoms with Crippen LogP contribution in [0.2, 0.25) is 0 Å². The summed E-state index contributed by atoms with van der Waals surface area (Å²) in [6.07, 6.45) is 5.19. The number of carbonyl (C=O) groups excluding carboxylic acids is 2. The molecule has 43 heavy (non-hydrogen) atoms. The molecule has 0 aliphatic carbocycles. The number of ether oxygens (including phenoxy) is 4. The highest BCUT2D eigenvalue weighted by Gasteiger charge is 2.36. The minimum absolute atomic E-state index is 0.0377. The van der Waals surface area contributed by atoms with Gasteiger partial charge in [0.1, 0.15) is 37.9 Å². The lowest BCUT2D eigenvalue weighted by Gasteiger charge is -2.37. The van der Waals surface area contributed by atoms with Crippen molar-refractivity contribution in [3.05, 3.63) is 108 Å². The van der Waals surface area contributed by atoms with E-state index in [-0.39, 0.29) is 37.6 Å². The topological polar surface area (TPSA) is 146 Å². The summed E-state index contributed by atoms with van der Waals surface area (Å²) in [6.45, 7) is 11.8. The maximum atomic E-state index is 11.8. The Bertz CT molecular complexity index is 1270. The average Bonchev–Trinajstić information content (AvgIpc) is 3.00. The van der Waals surface area contributed by atoms with Crippen LogP contribution in [0.25, 0.3) is 0 Å². The van der Waals surface area contributed by atoms with Crippen LogP contribution in [0.1, 0.15) is 31.9 Å². The quantitative estimate of drug-likeness (QED) is 0.148. The highest BCUT2D eigenvalue weighted by Crippen LogP contribution is 2.42. The third-order valence-corrected chi connectivity index (χ3v) is 6.63. The smallest absolute Gasteiger partial charge is 0.330 e. The highest BCUT2D eigenvalue weighted by atomic mass is 16.6. The zero-order chi connectivity index (χ0) is 32.0. The van der Waals surface area contributed by atoms with E-state index in [2.05, 4.69) is 13.2 Å². The van der Waals surface area contributed by atoms with Crippen LogP contribution in [0.5, 0.6) is 11.5 Å². The number of allylic oxidation sites excluding steroid dienone is 2. The first-order valence-electron chi connectivity index (χ1n) is 13.3. The summed E-state index contributed by atoms with van der Waals surface area (Å²) in [5.74, 6) is -3.05. The second-order valence-corrected chi connectivity index (χ2v) is 9.53. The first-order chi connectivity index (χ1) is 20.4. The first-order valence-corrected chi connectivity index (χ1v) is 13.3. The molecule has 0 saturated carbocycles. The maximum absolute atomic E-state index is 11.8. The van der Waals surface area contributed by atoms with Crippen LogP contribution in [0.15, 0.2) is 97.1 Å². The molecule has 0 atom stereocenters. The Kier molecular flexibility index (Phi) is 13.0. The Balaban J connectivity index is 2.50. The monoisotopic (exact) mass is 592 g/mol. The molecule has 0 unspecified atom stereocenters. The molecular formula is C33H36O10. The lowest BCUT2D eigenvalue weighted by Crippen LogP contribution is -2.32. The summed E-state index contributed by atoms with van der Waals surface area (Å²) >= 11 is 0. The Hall–Kier alpha value is -5.12. The van der Waals surface area contributed by atoms with Gasteiger partial charge < -0.3 is 29.2 Å². The number of carboxylic acid groups (broad SMARTS) is 2. The molecule has 2 aromatic rings. The molecule has 0 aliphatic heterocycles. The van der Waals surface area contributed by atoms with Gasteiger partial charge in [-0.1, -0.05) is 56.5 Å². The van der Waals surface area contributed by atoms with E-state index in [9.17, 15) is 29.4 Å². The SMILES string of the molecule is C=CC(=O)OCCOc1ccc(C(C)(c2ccc(OCCOC(=O)C=C)cc2)C(C=C(C)C(=O)O)C=C(C)C(=O)O)cc1. The van der Waals surface area contributed by atoms with Crippen molar-refractivity contribution >= 4 is 23.9 Å². The van der Waals surface area contributed by atoms with Crippen molar-refractivity contribution in [2.24, 2.45) is 5.92 Å². The Morgan fingerprint density at radius 3 is 1.35 bits per heavy atom. The standard InChI is InChI=1S/C33H36O10/c1-6-29(34)42-18-16-40-27-12-8-24(9-13-27)33(5,26(20-22(3)31(36)37)21-23(4)32(38)39)25-10-14-28(15-11-25)41-17-19-43-30(35)7-2/h6-15,20-21,26H,1-2,16-19H2,3-5H3,(H,36,37)(H,38,39). The van der Waals surface area contributed by atoms with Crippen LogP contribution >= 0.6 is 0 Å². The van der Waals surface area contributed by atoms with Crippen molar-refractivity contribution in [3.63, 3.8) is 0 Å². The minimum atomic E-state index is -1.13. The lowest BCUT2D eigenvalue weighted by molar-refractivity contribution is -0.139. The normalized spacial score (nSPS) is 12.4. The molecule has 2 rings (SSSR count). The molecule has 0 fully saturated rings. The number of benzene rings is 2. The molecule has 0 bridgehead atoms. The number of esters is 2. The number of carbonyl (C=O) groups is 4. The van der Waals surface area contributed by atoms with E-state index >= 15 is 0 Å². The summed E-state index contributed by atoms with van der Waals surface area (Å²) in [7, 11) is 0. The van der Waals surface area contributed by atoms with Gasteiger partial charge in [-0.05, 0) is 49.2 Å². The predicted octanol–water partition coefficient (Wildman–Crippen LogP) is 4.89. The van der Waals surface area contributed by atoms with Crippen LogP contribution in [-0.4, -0.2) is 60.5 Å². The third-order valence-electron chi connectivity index (χ3n) is 6.63. The summed E-state index contributed by atoms with van der Waals surface area (Å²) in [5.41, 5.74) is 0.639. The van der Waals surface area contributed by atoms with Gasteiger partial charge in [-0.15, -0.1) is 0 Å². The molecule has 0 saturated heterocycles. The van der Waals surface area contributed by atoms with Gasteiger partial charge in [-0.25, -0.2) is 19.2 Å². The number of rotatable bonds is 17. The van der Waals surface area contributed by atoms with Gasteiger partial charge in [0.05, 0.1) is 0 Å². The summed E-state index contributed by atoms with van der Waals surface area (Å²) < 4.78 is 21.2. The van der Waals surface area contributed by atoms with Gasteiger partial charge in [0.25, 0.3) is 0 Å². The summed E-state index contributed by atoms with van der Waals surface area (Å²) in [5, 5.41) is 19.3. The zero-order valence-electron chi connectivity index (χ0n) is 24.4. The van der Waals surface area contributed by atoms with Crippen molar-refractivity contribution in [2.75, 3.05) is 26.4 Å². The van der Waals surface area contributed by atoms with Crippen molar-refractivity contribution < 1.29 is 48.3 Å². The van der Waals surface area contributed by atoms with E-state index in [1.165, 1.54) is 26.0 Å². The van der Waals surface area contributed by atoms with E-state index in [4.69, 9.17) is 18.9 Å². The molecule has 0 aromatic heterocycles. The van der Waals surface area contributed by atoms with Crippen LogP contribution < -0.4 is 9.47 Å². The highest BCUT2D eigenvalue weighted by molar-refractivity contribution is 5.87. The van der Waals surface area contributed by atoms with Crippen molar-refractivity contribution in [3.8, 4) is 11.5 Å². The fraction of sp³-hybridized carbons (Fsp3) is 0.273. The van der Waals surface area contributed by atoms with Crippen molar-refractivity contribution in [2.45, 2.75) is 26.2 Å². The Morgan fingerprint density at radius 2 is 1.05 bits per heavy atom. The van der Waals surface area contributed by atoms with Gasteiger partial charge in [-0.3, -0.25) is 0 Å². The lowest BCUT2D eigenvalue weighted by atomic mass is 9.66. The van der Waals surface area contributed by atoms with E-state index in [1.807, 2.05) is 31.2 Å². The van der Waals surface area contributed by atoms with Crippen molar-refractivity contribution in [1.29, 1.82) is 0 Å². The van der Waals surface area contributed by atoms with Crippen LogP contribution in [0.4, 0.5) is 0 Å². The van der Waals surface area contributed by atoms with Gasteiger partial charge in [0, 0.05) is 34.6 Å². The van der Waals surface area contributed by atoms with E-state index in [0.29, 0.717) is 11.5 Å². The summed E-state index contributed by atoms with van der Waals surface area (Å²) in [6, 6.07) is 14.1. The number of hydrogen-bond donors (Lipinski definition) is 2. The first kappa shape index (κ1) is 34.1.